The Hall–Kier alpha value is -0.570. The lowest BCUT2D eigenvalue weighted by atomic mass is 10.0. The molecule has 71 heavy (non-hydrogen) atoms. The largest absolute Gasteiger partial charge is 0.465 e. The first-order valence-corrected chi connectivity index (χ1v) is 34.1. The van der Waals surface area contributed by atoms with Gasteiger partial charge in [-0.1, -0.05) is 381 Å². The monoisotopic (exact) mass is 1000 g/mol. The van der Waals surface area contributed by atoms with Crippen LogP contribution in [0.15, 0.2) is 0 Å². The van der Waals surface area contributed by atoms with Gasteiger partial charge >= 0.3 is 5.97 Å². The van der Waals surface area contributed by atoms with Crippen LogP contribution >= 0.6 is 0 Å². The lowest BCUT2D eigenvalue weighted by molar-refractivity contribution is -0.150. The van der Waals surface area contributed by atoms with Crippen molar-refractivity contribution in [1.29, 1.82) is 0 Å². The molecular formula is C68H137NO2. The number of ether oxygens (including phenoxy) is 1. The molecule has 0 aliphatic carbocycles. The number of hydrogen-bond donors (Lipinski definition) is 0. The van der Waals surface area contributed by atoms with Crippen molar-refractivity contribution in [3.8, 4) is 0 Å². The Balaban J connectivity index is 4.94. The van der Waals surface area contributed by atoms with Crippen LogP contribution in [0.1, 0.15) is 407 Å². The van der Waals surface area contributed by atoms with Crippen molar-refractivity contribution in [3.05, 3.63) is 0 Å². The molecular weight excluding hydrogens is 863 g/mol. The summed E-state index contributed by atoms with van der Waals surface area (Å²) in [6.45, 7) is 12.0. The van der Waals surface area contributed by atoms with Crippen LogP contribution in [0.5, 0.6) is 0 Å². The van der Waals surface area contributed by atoms with Gasteiger partial charge in [0.2, 0.25) is 0 Å². The quantitative estimate of drug-likeness (QED) is 0.0449. The fourth-order valence-electron chi connectivity index (χ4n) is 11.3. The molecule has 0 amide bonds. The molecule has 0 saturated carbocycles. The highest BCUT2D eigenvalue weighted by Gasteiger charge is 2.26. The predicted molar refractivity (Wildman–Crippen MR) is 321 cm³/mol. The molecule has 0 rings (SSSR count). The van der Waals surface area contributed by atoms with Crippen LogP contribution in [0, 0.1) is 0 Å². The van der Waals surface area contributed by atoms with Gasteiger partial charge < -0.3 is 4.74 Å². The van der Waals surface area contributed by atoms with E-state index in [1.165, 1.54) is 366 Å². The minimum Gasteiger partial charge on any atom is -0.465 e. The summed E-state index contributed by atoms with van der Waals surface area (Å²) in [4.78, 5) is 16.8. The molecule has 3 heteroatoms. The zero-order chi connectivity index (χ0) is 51.3. The van der Waals surface area contributed by atoms with Crippen LogP contribution in [0.4, 0.5) is 0 Å². The Bertz CT molecular complexity index is 915. The molecule has 0 fully saturated rings. The summed E-state index contributed by atoms with van der Waals surface area (Å²) in [6.07, 6.45) is 81.4. The third-order valence-corrected chi connectivity index (χ3v) is 16.4. The molecule has 1 unspecified atom stereocenters. The number of hydrogen-bond acceptors (Lipinski definition) is 3. The van der Waals surface area contributed by atoms with E-state index >= 15 is 0 Å². The summed E-state index contributed by atoms with van der Waals surface area (Å²) in [5.41, 5.74) is 0. The van der Waals surface area contributed by atoms with E-state index < -0.39 is 0 Å². The number of carbonyl (C=O) groups is 1. The SMILES string of the molecule is CCCCCCCCCCCCCCCCCCOC(=O)C(CCCCCCCCCCCC)N(CCCCCCCCCCCCCCCCCC)CCCCCCCCCCCCCCCCCC. The van der Waals surface area contributed by atoms with Crippen LogP contribution in [-0.4, -0.2) is 36.6 Å². The molecule has 0 aliphatic heterocycles. The van der Waals surface area contributed by atoms with Gasteiger partial charge in [-0.15, -0.1) is 0 Å². The Labute approximate surface area is 450 Å². The van der Waals surface area contributed by atoms with Gasteiger partial charge in [-0.05, 0) is 38.8 Å². The Morgan fingerprint density at radius 1 is 0.254 bits per heavy atom. The summed E-state index contributed by atoms with van der Waals surface area (Å²) in [6, 6.07) is -0.0437. The summed E-state index contributed by atoms with van der Waals surface area (Å²) in [5, 5.41) is 0. The van der Waals surface area contributed by atoms with Gasteiger partial charge in [0.1, 0.15) is 6.04 Å². The number of carbonyl (C=O) groups excluding carboxylic acids is 1. The molecule has 0 aromatic rings. The second kappa shape index (κ2) is 63.7. The zero-order valence-electron chi connectivity index (χ0n) is 50.2. The molecule has 0 aliphatic rings. The van der Waals surface area contributed by atoms with Crippen LogP contribution in [-0.2, 0) is 9.53 Å². The standard InChI is InChI=1S/C68H137NO2/c1-5-9-13-17-21-25-29-32-35-38-41-44-48-52-56-60-64-69(65-61-57-53-49-45-42-39-36-33-30-26-22-18-14-10-6-2)67(63-59-55-51-47-28-24-20-16-12-8-4)68(70)71-66-62-58-54-50-46-43-40-37-34-31-27-23-19-15-11-7-3/h67H,5-66H2,1-4H3. The molecule has 0 aromatic carbocycles. The van der Waals surface area contributed by atoms with Gasteiger partial charge in [-0.2, -0.15) is 0 Å². The Morgan fingerprint density at radius 2 is 0.437 bits per heavy atom. The minimum absolute atomic E-state index is 0.0437. The third kappa shape index (κ3) is 57.0. The summed E-state index contributed by atoms with van der Waals surface area (Å²) >= 11 is 0. The average Bonchev–Trinajstić information content (AvgIpc) is 3.38. The first-order chi connectivity index (χ1) is 35.2. The van der Waals surface area contributed by atoms with Gasteiger partial charge in [0.05, 0.1) is 6.61 Å². The van der Waals surface area contributed by atoms with E-state index in [-0.39, 0.29) is 12.0 Å². The normalized spacial score (nSPS) is 12.2. The Morgan fingerprint density at radius 3 is 0.662 bits per heavy atom. The lowest BCUT2D eigenvalue weighted by Crippen LogP contribution is -2.43. The first-order valence-electron chi connectivity index (χ1n) is 34.1. The van der Waals surface area contributed by atoms with E-state index in [9.17, 15) is 4.79 Å². The molecule has 426 valence electrons. The van der Waals surface area contributed by atoms with Crippen molar-refractivity contribution in [2.45, 2.75) is 413 Å². The highest BCUT2D eigenvalue weighted by Crippen LogP contribution is 2.21. The topological polar surface area (TPSA) is 29.5 Å². The molecule has 0 radical (unpaired) electrons. The smallest absolute Gasteiger partial charge is 0.323 e. The van der Waals surface area contributed by atoms with Gasteiger partial charge in [0.25, 0.3) is 0 Å². The maximum Gasteiger partial charge on any atom is 0.323 e. The van der Waals surface area contributed by atoms with E-state index in [0.29, 0.717) is 6.61 Å². The van der Waals surface area contributed by atoms with E-state index in [1.54, 1.807) is 0 Å². The van der Waals surface area contributed by atoms with Gasteiger partial charge in [0.15, 0.2) is 0 Å². The summed E-state index contributed by atoms with van der Waals surface area (Å²) in [7, 11) is 0. The average molecular weight is 1000 g/mol. The molecule has 0 saturated heterocycles. The Kier molecular flexibility index (Phi) is 63.2. The fraction of sp³-hybridized carbons (Fsp3) is 0.985. The van der Waals surface area contributed by atoms with E-state index in [0.717, 1.165) is 25.9 Å². The number of rotatable bonds is 64. The first kappa shape index (κ1) is 70.4. The fourth-order valence-corrected chi connectivity index (χ4v) is 11.3. The van der Waals surface area contributed by atoms with Crippen LogP contribution < -0.4 is 0 Å². The van der Waals surface area contributed by atoms with Crippen molar-refractivity contribution in [2.24, 2.45) is 0 Å². The van der Waals surface area contributed by atoms with Gasteiger partial charge in [-0.25, -0.2) is 0 Å². The highest BCUT2D eigenvalue weighted by molar-refractivity contribution is 5.75. The number of esters is 1. The lowest BCUT2D eigenvalue weighted by Gasteiger charge is -2.30. The van der Waals surface area contributed by atoms with E-state index in [4.69, 9.17) is 4.74 Å². The van der Waals surface area contributed by atoms with Gasteiger partial charge in [0, 0.05) is 0 Å². The van der Waals surface area contributed by atoms with Gasteiger partial charge in [-0.3, -0.25) is 9.69 Å². The molecule has 1 atom stereocenters. The number of unbranched alkanes of at least 4 members (excludes halogenated alkanes) is 54. The molecule has 0 spiro atoms. The molecule has 0 bridgehead atoms. The van der Waals surface area contributed by atoms with E-state index in [1.807, 2.05) is 0 Å². The second-order valence-corrected chi connectivity index (χ2v) is 23.6. The van der Waals surface area contributed by atoms with Crippen molar-refractivity contribution in [1.82, 2.24) is 4.90 Å². The predicted octanol–water partition coefficient (Wildman–Crippen LogP) is 24.3. The minimum atomic E-state index is -0.0437. The van der Waals surface area contributed by atoms with E-state index in [2.05, 4.69) is 32.6 Å². The van der Waals surface area contributed by atoms with Crippen LogP contribution in [0.25, 0.3) is 0 Å². The summed E-state index contributed by atoms with van der Waals surface area (Å²) in [5.74, 6) is 0.106. The third-order valence-electron chi connectivity index (χ3n) is 16.4. The summed E-state index contributed by atoms with van der Waals surface area (Å²) < 4.78 is 6.23. The van der Waals surface area contributed by atoms with Crippen LogP contribution in [0.3, 0.4) is 0 Å². The van der Waals surface area contributed by atoms with Crippen molar-refractivity contribution in [2.75, 3.05) is 19.7 Å². The molecule has 0 N–H and O–H groups in total. The van der Waals surface area contributed by atoms with Crippen LogP contribution in [0.2, 0.25) is 0 Å². The van der Waals surface area contributed by atoms with Crippen molar-refractivity contribution >= 4 is 5.97 Å². The maximum atomic E-state index is 14.1. The highest BCUT2D eigenvalue weighted by atomic mass is 16.5. The maximum absolute atomic E-state index is 14.1. The molecule has 0 aromatic heterocycles. The molecule has 0 heterocycles. The van der Waals surface area contributed by atoms with Crippen molar-refractivity contribution in [3.63, 3.8) is 0 Å². The second-order valence-electron chi connectivity index (χ2n) is 23.6. The van der Waals surface area contributed by atoms with Crippen molar-refractivity contribution < 1.29 is 9.53 Å². The zero-order valence-corrected chi connectivity index (χ0v) is 50.2. The number of nitrogens with zero attached hydrogens (tertiary/aromatic N) is 1. The molecule has 3 nitrogen and oxygen atoms in total.